The molecule has 0 fully saturated rings. The average molecular weight is 429 g/mol. The number of anilines is 1. The second-order valence-electron chi connectivity index (χ2n) is 7.50. The van der Waals surface area contributed by atoms with Gasteiger partial charge in [-0.15, -0.1) is 0 Å². The van der Waals surface area contributed by atoms with Gasteiger partial charge in [0.1, 0.15) is 0 Å². The Balaban J connectivity index is 1.66. The van der Waals surface area contributed by atoms with Gasteiger partial charge in [-0.2, -0.15) is 13.5 Å². The van der Waals surface area contributed by atoms with Crippen LogP contribution in [0, 0.1) is 6.92 Å². The van der Waals surface area contributed by atoms with Crippen molar-refractivity contribution in [2.75, 3.05) is 4.72 Å². The lowest BCUT2D eigenvalue weighted by Crippen LogP contribution is -2.21. The minimum Gasteiger partial charge on any atom is -0.271 e. The first kappa shape index (κ1) is 19.3. The third-order valence-electron chi connectivity index (χ3n) is 5.23. The van der Waals surface area contributed by atoms with E-state index in [9.17, 15) is 8.42 Å². The Morgan fingerprint density at radius 2 is 1.52 bits per heavy atom. The molecule has 0 unspecified atom stereocenters. The highest BCUT2D eigenvalue weighted by molar-refractivity contribution is 7.90. The van der Waals surface area contributed by atoms with E-state index < -0.39 is 10.2 Å². The zero-order valence-corrected chi connectivity index (χ0v) is 17.6. The maximum atomic E-state index is 11.3. The van der Waals surface area contributed by atoms with E-state index in [2.05, 4.69) is 58.4 Å². The Morgan fingerprint density at radius 1 is 0.839 bits per heavy atom. The van der Waals surface area contributed by atoms with E-state index in [0.29, 0.717) is 5.69 Å². The number of nitrogens with zero attached hydrogens (tertiary/aromatic N) is 2. The Morgan fingerprint density at radius 3 is 2.23 bits per heavy atom. The van der Waals surface area contributed by atoms with Crippen LogP contribution < -0.4 is 9.86 Å². The van der Waals surface area contributed by atoms with Gasteiger partial charge < -0.3 is 0 Å². The number of hydrogen-bond donors (Lipinski definition) is 2. The fourth-order valence-corrected chi connectivity index (χ4v) is 4.38. The molecule has 0 radical (unpaired) electrons. The van der Waals surface area contributed by atoms with Crippen LogP contribution in [0.2, 0.25) is 0 Å². The summed E-state index contributed by atoms with van der Waals surface area (Å²) >= 11 is 0. The lowest BCUT2D eigenvalue weighted by Gasteiger charge is -2.12. The van der Waals surface area contributed by atoms with Crippen molar-refractivity contribution in [3.05, 3.63) is 90.6 Å². The van der Waals surface area contributed by atoms with Crippen molar-refractivity contribution in [1.82, 2.24) is 9.78 Å². The Kier molecular flexibility index (Phi) is 4.50. The number of rotatable bonds is 4. The van der Waals surface area contributed by atoms with Gasteiger partial charge in [0.2, 0.25) is 0 Å². The molecule has 1 aromatic heterocycles. The molecule has 5 rings (SSSR count). The number of benzene rings is 4. The molecule has 0 bridgehead atoms. The first-order valence-electron chi connectivity index (χ1n) is 9.77. The Hall–Kier alpha value is -3.68. The van der Waals surface area contributed by atoms with Crippen molar-refractivity contribution in [3.63, 3.8) is 0 Å². The fourth-order valence-electron chi connectivity index (χ4n) is 3.91. The number of aryl methyl sites for hydroxylation is 1. The SMILES string of the molecule is Cc1cc(-c2cccc3cc4ccccc4cc23)n(-c2ccc(NS(N)(=O)=O)cc2)n1. The molecule has 0 saturated carbocycles. The fraction of sp³-hybridized carbons (Fsp3) is 0.0417. The second-order valence-corrected chi connectivity index (χ2v) is 8.80. The van der Waals surface area contributed by atoms with Crippen LogP contribution in [0.5, 0.6) is 0 Å². The van der Waals surface area contributed by atoms with Crippen molar-refractivity contribution >= 4 is 37.4 Å². The molecule has 0 amide bonds. The molecule has 1 heterocycles. The van der Waals surface area contributed by atoms with E-state index >= 15 is 0 Å². The molecular weight excluding hydrogens is 408 g/mol. The summed E-state index contributed by atoms with van der Waals surface area (Å²) < 4.78 is 26.7. The van der Waals surface area contributed by atoms with Gasteiger partial charge in [0, 0.05) is 11.3 Å². The predicted octanol–water partition coefficient (Wildman–Crippen LogP) is 4.77. The third kappa shape index (κ3) is 3.76. The van der Waals surface area contributed by atoms with Crippen LogP contribution in [0.4, 0.5) is 5.69 Å². The first-order valence-corrected chi connectivity index (χ1v) is 11.3. The highest BCUT2D eigenvalue weighted by atomic mass is 32.2. The largest absolute Gasteiger partial charge is 0.296 e. The monoisotopic (exact) mass is 428 g/mol. The standard InChI is InChI=1S/C24H20N4O2S/c1-16-13-24(28(26-16)21-11-9-20(10-12-21)27-31(25,29)30)22-8-4-7-19-14-17-5-2-3-6-18(17)15-23(19)22/h2-15,27H,1H3,(H2,25,29,30). The van der Waals surface area contributed by atoms with Gasteiger partial charge >= 0.3 is 0 Å². The minimum absolute atomic E-state index is 0.397. The van der Waals surface area contributed by atoms with Crippen LogP contribution in [-0.4, -0.2) is 18.2 Å². The maximum Gasteiger partial charge on any atom is 0.296 e. The summed E-state index contributed by atoms with van der Waals surface area (Å²) in [5.41, 5.74) is 4.15. The van der Waals surface area contributed by atoms with Crippen LogP contribution in [-0.2, 0) is 10.2 Å². The van der Waals surface area contributed by atoms with Gasteiger partial charge in [-0.1, -0.05) is 42.5 Å². The summed E-state index contributed by atoms with van der Waals surface area (Å²) in [6, 6.07) is 28.0. The zero-order valence-electron chi connectivity index (χ0n) is 16.8. The van der Waals surface area contributed by atoms with Crippen LogP contribution >= 0.6 is 0 Å². The number of fused-ring (bicyclic) bond motifs is 2. The molecule has 31 heavy (non-hydrogen) atoms. The summed E-state index contributed by atoms with van der Waals surface area (Å²) in [6.07, 6.45) is 0. The van der Waals surface area contributed by atoms with Crippen molar-refractivity contribution < 1.29 is 8.42 Å². The van der Waals surface area contributed by atoms with Crippen molar-refractivity contribution in [2.45, 2.75) is 6.92 Å². The van der Waals surface area contributed by atoms with E-state index in [4.69, 9.17) is 5.14 Å². The highest BCUT2D eigenvalue weighted by Gasteiger charge is 2.14. The quantitative estimate of drug-likeness (QED) is 0.404. The molecule has 6 nitrogen and oxygen atoms in total. The first-order chi connectivity index (χ1) is 14.9. The number of aromatic nitrogens is 2. The summed E-state index contributed by atoms with van der Waals surface area (Å²) in [4.78, 5) is 0. The predicted molar refractivity (Wildman–Crippen MR) is 125 cm³/mol. The molecule has 0 saturated heterocycles. The van der Waals surface area contributed by atoms with Gasteiger partial charge in [0.05, 0.1) is 17.1 Å². The number of hydrogen-bond acceptors (Lipinski definition) is 3. The van der Waals surface area contributed by atoms with E-state index in [1.54, 1.807) is 12.1 Å². The van der Waals surface area contributed by atoms with Gasteiger partial charge in [0.25, 0.3) is 10.2 Å². The number of nitrogens with one attached hydrogen (secondary N) is 1. The number of nitrogens with two attached hydrogens (primary N) is 1. The van der Waals surface area contributed by atoms with E-state index in [-0.39, 0.29) is 0 Å². The molecule has 5 aromatic rings. The summed E-state index contributed by atoms with van der Waals surface area (Å²) in [5.74, 6) is 0. The molecule has 0 spiro atoms. The lowest BCUT2D eigenvalue weighted by atomic mass is 9.98. The van der Waals surface area contributed by atoms with Crippen LogP contribution in [0.15, 0.2) is 84.9 Å². The molecule has 7 heteroatoms. The average Bonchev–Trinajstić information content (AvgIpc) is 3.12. The van der Waals surface area contributed by atoms with Crippen LogP contribution in [0.25, 0.3) is 38.5 Å². The topological polar surface area (TPSA) is 90.0 Å². The normalized spacial score (nSPS) is 11.8. The molecular formula is C24H20N4O2S. The Bertz CT molecular complexity index is 1540. The maximum absolute atomic E-state index is 11.3. The van der Waals surface area contributed by atoms with Crippen LogP contribution in [0.1, 0.15) is 5.69 Å². The van der Waals surface area contributed by atoms with Crippen LogP contribution in [0.3, 0.4) is 0 Å². The van der Waals surface area contributed by atoms with Gasteiger partial charge in [-0.25, -0.2) is 9.82 Å². The molecule has 154 valence electrons. The smallest absolute Gasteiger partial charge is 0.271 e. The molecule has 4 aromatic carbocycles. The molecule has 0 aliphatic rings. The molecule has 0 aliphatic heterocycles. The molecule has 0 aliphatic carbocycles. The van der Waals surface area contributed by atoms with E-state index in [1.807, 2.05) is 35.9 Å². The summed E-state index contributed by atoms with van der Waals surface area (Å²) in [6.45, 7) is 1.96. The Labute approximate surface area is 180 Å². The van der Waals surface area contributed by atoms with Gasteiger partial charge in [-0.05, 0) is 70.9 Å². The lowest BCUT2D eigenvalue weighted by molar-refractivity contribution is 0.603. The van der Waals surface area contributed by atoms with Gasteiger partial charge in [-0.3, -0.25) is 4.72 Å². The minimum atomic E-state index is -3.82. The summed E-state index contributed by atoms with van der Waals surface area (Å²) in [7, 11) is -3.82. The van der Waals surface area contributed by atoms with Gasteiger partial charge in [0.15, 0.2) is 0 Å². The van der Waals surface area contributed by atoms with Crippen molar-refractivity contribution in [2.24, 2.45) is 5.14 Å². The van der Waals surface area contributed by atoms with E-state index in [0.717, 1.165) is 33.4 Å². The van der Waals surface area contributed by atoms with E-state index in [1.165, 1.54) is 10.8 Å². The summed E-state index contributed by atoms with van der Waals surface area (Å²) in [5, 5.41) is 14.4. The molecule has 0 atom stereocenters. The van der Waals surface area contributed by atoms with Crippen molar-refractivity contribution in [1.29, 1.82) is 0 Å². The second kappa shape index (κ2) is 7.23. The molecule has 3 N–H and O–H groups in total. The third-order valence-corrected chi connectivity index (χ3v) is 5.75. The highest BCUT2D eigenvalue weighted by Crippen LogP contribution is 2.33. The van der Waals surface area contributed by atoms with Crippen molar-refractivity contribution in [3.8, 4) is 16.9 Å². The zero-order chi connectivity index (χ0) is 21.6.